The Kier molecular flexibility index (Phi) is 8.90. The van der Waals surface area contributed by atoms with Crippen molar-refractivity contribution in [1.29, 1.82) is 0 Å². The van der Waals surface area contributed by atoms with Crippen LogP contribution >= 0.6 is 12.4 Å². The number of amides is 1. The zero-order valence-corrected chi connectivity index (χ0v) is 17.7. The summed E-state index contributed by atoms with van der Waals surface area (Å²) in [4.78, 5) is 12.3. The van der Waals surface area contributed by atoms with Crippen LogP contribution in [-0.4, -0.2) is 39.3 Å². The summed E-state index contributed by atoms with van der Waals surface area (Å²) in [6.07, 6.45) is 0.0764. The Morgan fingerprint density at radius 2 is 1.82 bits per heavy atom. The number of hydrogen-bond acceptors (Lipinski definition) is 5. The van der Waals surface area contributed by atoms with Gasteiger partial charge in [-0.05, 0) is 30.7 Å². The maximum atomic E-state index is 12.5. The van der Waals surface area contributed by atoms with Gasteiger partial charge in [0.15, 0.2) is 0 Å². The second kappa shape index (κ2) is 10.4. The lowest BCUT2D eigenvalue weighted by Crippen LogP contribution is -2.24. The van der Waals surface area contributed by atoms with Crippen molar-refractivity contribution in [1.82, 2.24) is 4.31 Å². The summed E-state index contributed by atoms with van der Waals surface area (Å²) in [6, 6.07) is 13.4. The maximum Gasteiger partial charge on any atom is 0.246 e. The fourth-order valence-corrected chi connectivity index (χ4v) is 3.54. The third-order valence-electron chi connectivity index (χ3n) is 3.92. The lowest BCUT2D eigenvalue weighted by molar-refractivity contribution is -0.116. The van der Waals surface area contributed by atoms with Gasteiger partial charge in [0, 0.05) is 32.2 Å². The van der Waals surface area contributed by atoms with Gasteiger partial charge < -0.3 is 15.8 Å². The molecule has 0 heterocycles. The average Bonchev–Trinajstić information content (AvgIpc) is 2.63. The maximum absolute atomic E-state index is 12.5. The number of hydrogen-bond donors (Lipinski definition) is 2. The summed E-state index contributed by atoms with van der Waals surface area (Å²) in [5.74, 6) is -0.0612. The Hall–Kier alpha value is -2.13. The minimum absolute atomic E-state index is 0. The van der Waals surface area contributed by atoms with Crippen LogP contribution in [0.2, 0.25) is 0 Å². The fraction of sp³-hybridized carbons (Fsp3) is 0.316. The predicted octanol–water partition coefficient (Wildman–Crippen LogP) is 2.79. The highest BCUT2D eigenvalue weighted by Crippen LogP contribution is 2.29. The lowest BCUT2D eigenvalue weighted by atomic mass is 10.0. The molecule has 0 aromatic heterocycles. The molecule has 0 aliphatic rings. The van der Waals surface area contributed by atoms with Crippen molar-refractivity contribution in [3.05, 3.63) is 54.1 Å². The zero-order valence-electron chi connectivity index (χ0n) is 16.1. The van der Waals surface area contributed by atoms with Gasteiger partial charge in [-0.1, -0.05) is 30.3 Å². The van der Waals surface area contributed by atoms with Crippen LogP contribution < -0.4 is 15.8 Å². The van der Waals surface area contributed by atoms with Gasteiger partial charge in [-0.25, -0.2) is 12.7 Å². The molecular formula is C19H26ClN3O4S. The molecule has 2 rings (SSSR count). The first-order valence-corrected chi connectivity index (χ1v) is 9.99. The van der Waals surface area contributed by atoms with Crippen molar-refractivity contribution < 1.29 is 17.9 Å². The SMILES string of the molecule is CCOc1ccc(NC(=O)CC(N)c2ccccc2)cc1S(=O)(=O)N(C)C.Cl. The molecule has 1 amide bonds. The van der Waals surface area contributed by atoms with Crippen molar-refractivity contribution in [3.8, 4) is 5.75 Å². The van der Waals surface area contributed by atoms with Crippen LogP contribution in [0.25, 0.3) is 0 Å². The molecule has 0 saturated carbocycles. The van der Waals surface area contributed by atoms with E-state index in [4.69, 9.17) is 10.5 Å². The van der Waals surface area contributed by atoms with Crippen LogP contribution in [0.1, 0.15) is 24.9 Å². The van der Waals surface area contributed by atoms with Crippen LogP contribution in [0.15, 0.2) is 53.4 Å². The number of sulfonamides is 1. The van der Waals surface area contributed by atoms with E-state index in [-0.39, 0.29) is 35.4 Å². The van der Waals surface area contributed by atoms with E-state index in [1.807, 2.05) is 30.3 Å². The monoisotopic (exact) mass is 427 g/mol. The van der Waals surface area contributed by atoms with Crippen molar-refractivity contribution in [3.63, 3.8) is 0 Å². The summed E-state index contributed by atoms with van der Waals surface area (Å²) in [5, 5.41) is 2.71. The minimum atomic E-state index is -3.72. The molecule has 9 heteroatoms. The van der Waals surface area contributed by atoms with Gasteiger partial charge in [-0.3, -0.25) is 4.79 Å². The number of nitrogens with zero attached hydrogens (tertiary/aromatic N) is 1. The number of anilines is 1. The van der Waals surface area contributed by atoms with Crippen molar-refractivity contribution in [2.45, 2.75) is 24.3 Å². The molecule has 0 aliphatic carbocycles. The third-order valence-corrected chi connectivity index (χ3v) is 5.76. The van der Waals surface area contributed by atoms with Gasteiger partial charge >= 0.3 is 0 Å². The number of ether oxygens (including phenoxy) is 1. The van der Waals surface area contributed by atoms with Gasteiger partial charge in [0.2, 0.25) is 15.9 Å². The Morgan fingerprint density at radius 3 is 2.39 bits per heavy atom. The highest BCUT2D eigenvalue weighted by atomic mass is 35.5. The fourth-order valence-electron chi connectivity index (χ4n) is 2.49. The molecule has 0 fully saturated rings. The Morgan fingerprint density at radius 1 is 1.18 bits per heavy atom. The number of benzene rings is 2. The Balaban J connectivity index is 0.00000392. The largest absolute Gasteiger partial charge is 0.492 e. The first-order chi connectivity index (χ1) is 12.8. The number of carbonyl (C=O) groups is 1. The van der Waals surface area contributed by atoms with Crippen LogP contribution in [0.5, 0.6) is 5.75 Å². The molecular weight excluding hydrogens is 402 g/mol. The molecule has 0 spiro atoms. The zero-order chi connectivity index (χ0) is 20.0. The second-order valence-corrected chi connectivity index (χ2v) is 8.27. The number of nitrogens with two attached hydrogens (primary N) is 1. The topological polar surface area (TPSA) is 102 Å². The van der Waals surface area contributed by atoms with Crippen molar-refractivity contribution in [2.75, 3.05) is 26.0 Å². The molecule has 28 heavy (non-hydrogen) atoms. The molecule has 0 radical (unpaired) electrons. The standard InChI is InChI=1S/C19H25N3O4S.ClH/c1-4-26-17-11-10-15(12-18(17)27(24,25)22(2)3)21-19(23)13-16(20)14-8-6-5-7-9-14;/h5-12,16H,4,13,20H2,1-3H3,(H,21,23);1H. The van der Waals surface area contributed by atoms with E-state index in [0.717, 1.165) is 9.87 Å². The van der Waals surface area contributed by atoms with E-state index in [0.29, 0.717) is 12.3 Å². The summed E-state index contributed by atoms with van der Waals surface area (Å²) >= 11 is 0. The smallest absolute Gasteiger partial charge is 0.246 e. The molecule has 1 unspecified atom stereocenters. The Labute approximate surface area is 172 Å². The molecule has 2 aromatic rings. The molecule has 3 N–H and O–H groups in total. The number of carbonyl (C=O) groups excluding carboxylic acids is 1. The third kappa shape index (κ3) is 5.93. The lowest BCUT2D eigenvalue weighted by Gasteiger charge is -2.17. The summed E-state index contributed by atoms with van der Waals surface area (Å²) < 4.78 is 31.6. The van der Waals surface area contributed by atoms with Crippen LogP contribution in [0.3, 0.4) is 0 Å². The quantitative estimate of drug-likeness (QED) is 0.674. The number of rotatable bonds is 8. The van der Waals surface area contributed by atoms with E-state index < -0.39 is 16.1 Å². The van der Waals surface area contributed by atoms with Gasteiger partial charge in [0.05, 0.1) is 6.61 Å². The van der Waals surface area contributed by atoms with Crippen LogP contribution in [-0.2, 0) is 14.8 Å². The molecule has 7 nitrogen and oxygen atoms in total. The second-order valence-electron chi connectivity index (χ2n) is 6.15. The van der Waals surface area contributed by atoms with E-state index in [9.17, 15) is 13.2 Å². The summed E-state index contributed by atoms with van der Waals surface area (Å²) in [6.45, 7) is 2.10. The first-order valence-electron chi connectivity index (χ1n) is 8.55. The van der Waals surface area contributed by atoms with Crippen molar-refractivity contribution in [2.24, 2.45) is 5.73 Å². The van der Waals surface area contributed by atoms with E-state index >= 15 is 0 Å². The Bertz CT molecular complexity index is 889. The molecule has 0 bridgehead atoms. The van der Waals surface area contributed by atoms with Gasteiger partial charge in [0.25, 0.3) is 0 Å². The predicted molar refractivity (Wildman–Crippen MR) is 112 cm³/mol. The van der Waals surface area contributed by atoms with Gasteiger partial charge in [0.1, 0.15) is 10.6 Å². The van der Waals surface area contributed by atoms with Gasteiger partial charge in [-0.2, -0.15) is 0 Å². The summed E-state index contributed by atoms with van der Waals surface area (Å²) in [7, 11) is -0.842. The molecule has 0 saturated heterocycles. The minimum Gasteiger partial charge on any atom is -0.492 e. The highest BCUT2D eigenvalue weighted by molar-refractivity contribution is 7.89. The highest BCUT2D eigenvalue weighted by Gasteiger charge is 2.23. The van der Waals surface area contributed by atoms with E-state index in [2.05, 4.69) is 5.32 Å². The molecule has 1 atom stereocenters. The molecule has 154 valence electrons. The summed E-state index contributed by atoms with van der Waals surface area (Å²) in [5.41, 5.74) is 7.29. The van der Waals surface area contributed by atoms with Crippen LogP contribution in [0, 0.1) is 0 Å². The average molecular weight is 428 g/mol. The van der Waals surface area contributed by atoms with E-state index in [1.165, 1.54) is 26.2 Å². The van der Waals surface area contributed by atoms with Crippen molar-refractivity contribution >= 4 is 34.0 Å². The van der Waals surface area contributed by atoms with Crippen LogP contribution in [0.4, 0.5) is 5.69 Å². The molecule has 2 aromatic carbocycles. The van der Waals surface area contributed by atoms with E-state index in [1.54, 1.807) is 13.0 Å². The normalized spacial score (nSPS) is 12.2. The molecule has 0 aliphatic heterocycles. The van der Waals surface area contributed by atoms with Gasteiger partial charge in [-0.15, -0.1) is 12.4 Å². The first kappa shape index (κ1) is 23.9. The number of nitrogens with one attached hydrogen (secondary N) is 1. The number of halogens is 1.